The number of hydrogen-bond acceptors (Lipinski definition) is 7. The molecule has 278 valence electrons. The first-order valence-electron chi connectivity index (χ1n) is 19.3. The Balaban J connectivity index is 1.12. The highest BCUT2D eigenvalue weighted by Crippen LogP contribution is 2.66. The maximum Gasteiger partial charge on any atom is 0.304 e. The average Bonchev–Trinajstić information content (AvgIpc) is 3.87. The van der Waals surface area contributed by atoms with E-state index in [2.05, 4.69) is 42.3 Å². The van der Waals surface area contributed by atoms with Gasteiger partial charge in [-0.2, -0.15) is 12.7 Å². The molecular formula is C41H48N6O5S. The molecule has 53 heavy (non-hydrogen) atoms. The predicted molar refractivity (Wildman–Crippen MR) is 203 cm³/mol. The Bertz CT molecular complexity index is 2180. The van der Waals surface area contributed by atoms with Crippen molar-refractivity contribution in [3.05, 3.63) is 83.2 Å². The maximum absolute atomic E-state index is 15.1. The minimum absolute atomic E-state index is 0.0390. The van der Waals surface area contributed by atoms with Gasteiger partial charge in [-0.25, -0.2) is 4.72 Å². The van der Waals surface area contributed by atoms with Gasteiger partial charge < -0.3 is 14.2 Å². The van der Waals surface area contributed by atoms with Crippen LogP contribution in [0.5, 0.6) is 5.75 Å². The number of pyridine rings is 1. The van der Waals surface area contributed by atoms with E-state index in [4.69, 9.17) is 4.74 Å². The Hall–Kier alpha value is -4.26. The Morgan fingerprint density at radius 1 is 0.943 bits per heavy atom. The number of carbonyl (C=O) groups excluding carboxylic acids is 2. The zero-order valence-electron chi connectivity index (χ0n) is 30.4. The van der Waals surface area contributed by atoms with Crippen molar-refractivity contribution >= 4 is 32.9 Å². The first-order chi connectivity index (χ1) is 25.8. The molecule has 2 amide bonds. The third-order valence-corrected chi connectivity index (χ3v) is 14.1. The fourth-order valence-corrected chi connectivity index (χ4v) is 10.8. The topological polar surface area (TPSA) is 117 Å². The number of carbonyl (C=O) groups is 2. The Morgan fingerprint density at radius 3 is 2.53 bits per heavy atom. The second-order valence-corrected chi connectivity index (χ2v) is 17.4. The van der Waals surface area contributed by atoms with Gasteiger partial charge in [0.05, 0.1) is 18.2 Å². The van der Waals surface area contributed by atoms with Crippen molar-refractivity contribution in [2.24, 2.45) is 5.41 Å². The highest BCUT2D eigenvalue weighted by atomic mass is 32.2. The quantitative estimate of drug-likeness (QED) is 0.248. The molecule has 9 rings (SSSR count). The normalized spacial score (nSPS) is 23.6. The number of fused-ring (bicyclic) bond motifs is 7. The van der Waals surface area contributed by atoms with Gasteiger partial charge in [0, 0.05) is 92.7 Å². The largest absolute Gasteiger partial charge is 0.497 e. The summed E-state index contributed by atoms with van der Waals surface area (Å²) < 4.78 is 37.5. The zero-order chi connectivity index (χ0) is 36.3. The fraction of sp³-hybridized carbons (Fsp3) is 0.488. The summed E-state index contributed by atoms with van der Waals surface area (Å²) in [6.45, 7) is 5.25. The number of benzene rings is 2. The Labute approximate surface area is 311 Å². The van der Waals surface area contributed by atoms with E-state index in [0.29, 0.717) is 44.2 Å². The summed E-state index contributed by atoms with van der Waals surface area (Å²) in [6.07, 6.45) is 11.9. The number of nitrogens with zero attached hydrogens (tertiary/aromatic N) is 5. The molecule has 2 unspecified atom stereocenters. The lowest BCUT2D eigenvalue weighted by molar-refractivity contribution is -0.137. The average molecular weight is 737 g/mol. The van der Waals surface area contributed by atoms with Crippen LogP contribution in [0.2, 0.25) is 0 Å². The van der Waals surface area contributed by atoms with Crippen LogP contribution >= 0.6 is 0 Å². The minimum atomic E-state index is -3.91. The number of amides is 2. The summed E-state index contributed by atoms with van der Waals surface area (Å²) in [5.41, 5.74) is 6.42. The molecule has 12 heteroatoms. The van der Waals surface area contributed by atoms with Crippen LogP contribution in [0.1, 0.15) is 90.3 Å². The van der Waals surface area contributed by atoms with Crippen molar-refractivity contribution in [2.75, 3.05) is 46.4 Å². The molecule has 5 heterocycles. The summed E-state index contributed by atoms with van der Waals surface area (Å²) >= 11 is 0. The molecule has 2 atom stereocenters. The minimum Gasteiger partial charge on any atom is -0.497 e. The van der Waals surface area contributed by atoms with Gasteiger partial charge in [0.25, 0.3) is 5.91 Å². The van der Waals surface area contributed by atoms with E-state index in [1.807, 2.05) is 30.5 Å². The number of hydrogen-bond donors (Lipinski definition) is 1. The van der Waals surface area contributed by atoms with Crippen LogP contribution < -0.4 is 9.46 Å². The first-order valence-corrected chi connectivity index (χ1v) is 20.8. The zero-order valence-corrected chi connectivity index (χ0v) is 31.2. The molecule has 2 saturated carbocycles. The van der Waals surface area contributed by atoms with Crippen LogP contribution in [0.3, 0.4) is 0 Å². The smallest absolute Gasteiger partial charge is 0.304 e. The molecule has 4 aromatic rings. The van der Waals surface area contributed by atoms with Gasteiger partial charge in [-0.15, -0.1) is 0 Å². The standard InChI is InChI=1S/C41H48N6O5S/c1-52-31-12-14-32-34(23-31)35-24-41(35,40(49)45-17-6-16-44(20-21-45)26-28-8-5-15-42-25-28)27-47-36-22-30(39(48)43-53(50,51)46-18-7-19-46)11-13-33(36)37(38(32)47)29-9-3-2-4-10-29/h5,8,11-15,22-23,25,29,35H,2-4,6-7,9-10,16-21,24,26-27H2,1H3,(H,43,48). The van der Waals surface area contributed by atoms with Gasteiger partial charge in [0.2, 0.25) is 5.91 Å². The van der Waals surface area contributed by atoms with E-state index >= 15 is 4.79 Å². The van der Waals surface area contributed by atoms with Gasteiger partial charge in [0.1, 0.15) is 5.75 Å². The van der Waals surface area contributed by atoms with Crippen molar-refractivity contribution in [3.63, 3.8) is 0 Å². The van der Waals surface area contributed by atoms with E-state index in [1.54, 1.807) is 19.4 Å². The van der Waals surface area contributed by atoms with Crippen LogP contribution in [0, 0.1) is 5.41 Å². The van der Waals surface area contributed by atoms with E-state index < -0.39 is 21.5 Å². The molecule has 2 aromatic heterocycles. The van der Waals surface area contributed by atoms with Crippen LogP contribution in [0.15, 0.2) is 60.9 Å². The van der Waals surface area contributed by atoms with Gasteiger partial charge >= 0.3 is 10.2 Å². The van der Waals surface area contributed by atoms with Crippen molar-refractivity contribution < 1.29 is 22.7 Å². The van der Waals surface area contributed by atoms with Crippen LogP contribution in [-0.2, 0) is 28.1 Å². The lowest BCUT2D eigenvalue weighted by Crippen LogP contribution is -2.49. The van der Waals surface area contributed by atoms with E-state index in [0.717, 1.165) is 85.2 Å². The summed E-state index contributed by atoms with van der Waals surface area (Å²) in [5, 5.41) is 1.08. The molecule has 2 saturated heterocycles. The second-order valence-electron chi connectivity index (χ2n) is 15.8. The van der Waals surface area contributed by atoms with E-state index in [9.17, 15) is 13.2 Å². The maximum atomic E-state index is 15.1. The summed E-state index contributed by atoms with van der Waals surface area (Å²) in [7, 11) is -2.22. The number of aromatic nitrogens is 2. The molecule has 3 aliphatic heterocycles. The SMILES string of the molecule is COc1ccc2c(c1)C1CC1(C(=O)N1CCCN(Cc3cccnc3)CC1)Cn1c-2c(C2CCCCC2)c2ccc(C(=O)NS(=O)(=O)N3CCC3)cc21. The third-order valence-electron chi connectivity index (χ3n) is 12.6. The second kappa shape index (κ2) is 13.5. The summed E-state index contributed by atoms with van der Waals surface area (Å²) in [4.78, 5) is 37.4. The van der Waals surface area contributed by atoms with Gasteiger partial charge in [-0.3, -0.25) is 19.5 Å². The Morgan fingerprint density at radius 2 is 1.77 bits per heavy atom. The lowest BCUT2D eigenvalue weighted by Gasteiger charge is -2.29. The predicted octanol–water partition coefficient (Wildman–Crippen LogP) is 5.66. The molecule has 0 bridgehead atoms. The first kappa shape index (κ1) is 34.5. The third kappa shape index (κ3) is 6.12. The fourth-order valence-electron chi connectivity index (χ4n) is 9.59. The van der Waals surface area contributed by atoms with Crippen molar-refractivity contribution in [2.45, 2.75) is 76.3 Å². The number of methoxy groups -OCH3 is 1. The molecule has 4 fully saturated rings. The molecule has 1 N–H and O–H groups in total. The molecule has 2 aliphatic carbocycles. The highest BCUT2D eigenvalue weighted by Gasteiger charge is 2.64. The molecular weight excluding hydrogens is 689 g/mol. The number of nitrogens with one attached hydrogen (secondary N) is 1. The van der Waals surface area contributed by atoms with Crippen LogP contribution in [-0.4, -0.2) is 90.3 Å². The number of rotatable bonds is 8. The summed E-state index contributed by atoms with van der Waals surface area (Å²) in [6, 6.07) is 16.0. The highest BCUT2D eigenvalue weighted by molar-refractivity contribution is 7.87. The van der Waals surface area contributed by atoms with Gasteiger partial charge in [-0.05, 0) is 91.1 Å². The van der Waals surface area contributed by atoms with Crippen LogP contribution in [0.4, 0.5) is 0 Å². The number of ether oxygens (including phenoxy) is 1. The molecule has 0 radical (unpaired) electrons. The molecule has 0 spiro atoms. The van der Waals surface area contributed by atoms with Crippen molar-refractivity contribution in [1.29, 1.82) is 0 Å². The summed E-state index contributed by atoms with van der Waals surface area (Å²) in [5.74, 6) is 0.730. The van der Waals surface area contributed by atoms with E-state index in [-0.39, 0.29) is 11.8 Å². The van der Waals surface area contributed by atoms with Gasteiger partial charge in [0.15, 0.2) is 0 Å². The van der Waals surface area contributed by atoms with Crippen molar-refractivity contribution in [3.8, 4) is 17.0 Å². The monoisotopic (exact) mass is 736 g/mol. The van der Waals surface area contributed by atoms with Gasteiger partial charge in [-0.1, -0.05) is 31.4 Å². The van der Waals surface area contributed by atoms with Crippen LogP contribution in [0.25, 0.3) is 22.2 Å². The molecule has 2 aromatic carbocycles. The lowest BCUT2D eigenvalue weighted by atomic mass is 9.81. The molecule has 5 aliphatic rings. The molecule has 11 nitrogen and oxygen atoms in total. The Kier molecular flexibility index (Phi) is 8.82. The van der Waals surface area contributed by atoms with E-state index in [1.165, 1.54) is 34.7 Å². The van der Waals surface area contributed by atoms with Crippen molar-refractivity contribution in [1.82, 2.24) is 28.4 Å².